The van der Waals surface area contributed by atoms with Gasteiger partial charge in [-0.05, 0) is 58.5 Å². The molecule has 6 heteroatoms. The highest BCUT2D eigenvalue weighted by Crippen LogP contribution is 2.44. The van der Waals surface area contributed by atoms with Gasteiger partial charge in [-0.3, -0.25) is 14.6 Å². The van der Waals surface area contributed by atoms with Crippen molar-refractivity contribution in [3.63, 3.8) is 0 Å². The Morgan fingerprint density at radius 1 is 1.07 bits per heavy atom. The maximum absolute atomic E-state index is 13.1. The molecule has 30 heavy (non-hydrogen) atoms. The molecule has 0 unspecified atom stereocenters. The molecule has 0 radical (unpaired) electrons. The number of allylic oxidation sites excluding steroid dienone is 2. The molecule has 0 aromatic carbocycles. The molecule has 162 valence electrons. The fourth-order valence-electron chi connectivity index (χ4n) is 5.78. The van der Waals surface area contributed by atoms with E-state index in [0.29, 0.717) is 18.2 Å². The summed E-state index contributed by atoms with van der Waals surface area (Å²) < 4.78 is 0. The molecule has 2 aliphatic heterocycles. The summed E-state index contributed by atoms with van der Waals surface area (Å²) in [6, 6.07) is 4.01. The first kappa shape index (κ1) is 21.0. The Kier molecular flexibility index (Phi) is 5.71. The Labute approximate surface area is 179 Å². The molecule has 3 heterocycles. The number of hydrogen-bond donors (Lipinski definition) is 0. The summed E-state index contributed by atoms with van der Waals surface area (Å²) in [5.74, 6) is 0.956. The van der Waals surface area contributed by atoms with Gasteiger partial charge in [-0.15, -0.1) is 0 Å². The van der Waals surface area contributed by atoms with Crippen molar-refractivity contribution in [1.82, 2.24) is 19.7 Å². The molecule has 1 aliphatic carbocycles. The van der Waals surface area contributed by atoms with Gasteiger partial charge in [0.2, 0.25) is 11.8 Å². The van der Waals surface area contributed by atoms with Gasteiger partial charge in [0.05, 0.1) is 6.42 Å². The van der Waals surface area contributed by atoms with Gasteiger partial charge in [0.15, 0.2) is 0 Å². The third-order valence-electron chi connectivity index (χ3n) is 6.91. The van der Waals surface area contributed by atoms with Gasteiger partial charge in [-0.1, -0.05) is 12.2 Å². The van der Waals surface area contributed by atoms with E-state index in [0.717, 1.165) is 62.5 Å². The van der Waals surface area contributed by atoms with Crippen molar-refractivity contribution in [3.05, 3.63) is 41.2 Å². The van der Waals surface area contributed by atoms with Crippen molar-refractivity contribution in [2.45, 2.75) is 33.1 Å². The molecule has 1 aromatic rings. The Morgan fingerprint density at radius 2 is 1.67 bits per heavy atom. The number of carbonyl (C=O) groups excluding carboxylic acids is 2. The van der Waals surface area contributed by atoms with Gasteiger partial charge < -0.3 is 14.7 Å². The third-order valence-corrected chi connectivity index (χ3v) is 6.91. The van der Waals surface area contributed by atoms with Crippen molar-refractivity contribution in [3.8, 4) is 0 Å². The normalized spacial score (nSPS) is 26.1. The maximum Gasteiger partial charge on any atom is 0.227 e. The minimum atomic E-state index is -0.0229. The van der Waals surface area contributed by atoms with Crippen molar-refractivity contribution in [1.29, 1.82) is 0 Å². The number of fused-ring (bicyclic) bond motifs is 1. The summed E-state index contributed by atoms with van der Waals surface area (Å²) in [6.07, 6.45) is 6.41. The van der Waals surface area contributed by atoms with Crippen LogP contribution in [0.2, 0.25) is 0 Å². The summed E-state index contributed by atoms with van der Waals surface area (Å²) in [6.45, 7) is 7.88. The molecular formula is C24H34N4O2. The van der Waals surface area contributed by atoms with E-state index in [1.54, 1.807) is 0 Å². The fraction of sp³-hybridized carbons (Fsp3) is 0.625. The van der Waals surface area contributed by atoms with Crippen LogP contribution in [0.25, 0.3) is 0 Å². The Balaban J connectivity index is 1.46. The Bertz CT molecular complexity index is 837. The molecule has 2 fully saturated rings. The monoisotopic (exact) mass is 410 g/mol. The third kappa shape index (κ3) is 4.15. The number of hydrogen-bond acceptors (Lipinski definition) is 4. The molecule has 4 rings (SSSR count). The van der Waals surface area contributed by atoms with Gasteiger partial charge in [-0.25, -0.2) is 0 Å². The summed E-state index contributed by atoms with van der Waals surface area (Å²) in [4.78, 5) is 36.9. The van der Waals surface area contributed by atoms with Gasteiger partial charge in [-0.2, -0.15) is 0 Å². The first-order chi connectivity index (χ1) is 14.3. The van der Waals surface area contributed by atoms with Crippen LogP contribution < -0.4 is 0 Å². The van der Waals surface area contributed by atoms with E-state index in [9.17, 15) is 9.59 Å². The Hall–Kier alpha value is -2.21. The summed E-state index contributed by atoms with van der Waals surface area (Å²) in [7, 11) is 4.17. The van der Waals surface area contributed by atoms with E-state index in [1.165, 1.54) is 0 Å². The molecular weight excluding hydrogens is 376 g/mol. The fourth-order valence-corrected chi connectivity index (χ4v) is 5.78. The first-order valence-electron chi connectivity index (χ1n) is 11.1. The highest BCUT2D eigenvalue weighted by atomic mass is 16.2. The van der Waals surface area contributed by atoms with Gasteiger partial charge in [0, 0.05) is 61.4 Å². The molecule has 0 saturated carbocycles. The van der Waals surface area contributed by atoms with Crippen LogP contribution in [0.5, 0.6) is 0 Å². The number of likely N-dealkylation sites (tertiary alicyclic amines) is 2. The number of carbonyl (C=O) groups is 2. The quantitative estimate of drug-likeness (QED) is 0.698. The number of amides is 2. The Morgan fingerprint density at radius 3 is 2.30 bits per heavy atom. The van der Waals surface area contributed by atoms with Crippen LogP contribution in [0.3, 0.4) is 0 Å². The van der Waals surface area contributed by atoms with Crippen molar-refractivity contribution >= 4 is 11.8 Å². The van der Waals surface area contributed by atoms with Crippen LogP contribution in [0.15, 0.2) is 24.3 Å². The molecule has 3 aliphatic rings. The molecule has 2 saturated heterocycles. The number of aryl methyl sites for hydroxylation is 2. The highest BCUT2D eigenvalue weighted by molar-refractivity contribution is 5.81. The lowest BCUT2D eigenvalue weighted by Crippen LogP contribution is -2.44. The van der Waals surface area contributed by atoms with Crippen LogP contribution >= 0.6 is 0 Å². The lowest BCUT2D eigenvalue weighted by atomic mass is 9.80. The van der Waals surface area contributed by atoms with E-state index in [1.807, 2.05) is 30.9 Å². The second kappa shape index (κ2) is 8.14. The lowest BCUT2D eigenvalue weighted by molar-refractivity contribution is -0.135. The number of pyridine rings is 1. The van der Waals surface area contributed by atoms with Crippen LogP contribution in [0.4, 0.5) is 0 Å². The second-order valence-electron chi connectivity index (χ2n) is 9.86. The molecule has 0 N–H and O–H groups in total. The van der Waals surface area contributed by atoms with Gasteiger partial charge in [0.1, 0.15) is 0 Å². The van der Waals surface area contributed by atoms with Crippen LogP contribution in [-0.2, 0) is 16.0 Å². The predicted octanol–water partition coefficient (Wildman–Crippen LogP) is 2.06. The van der Waals surface area contributed by atoms with E-state index in [4.69, 9.17) is 0 Å². The molecule has 0 bridgehead atoms. The minimum Gasteiger partial charge on any atom is -0.341 e. The molecule has 2 atom stereocenters. The molecule has 1 aromatic heterocycles. The summed E-state index contributed by atoms with van der Waals surface area (Å²) in [5.41, 5.74) is 2.92. The minimum absolute atomic E-state index is 0.0229. The zero-order valence-electron chi connectivity index (χ0n) is 18.7. The first-order valence-corrected chi connectivity index (χ1v) is 11.1. The van der Waals surface area contributed by atoms with Crippen molar-refractivity contribution < 1.29 is 9.59 Å². The SMILES string of the molecule is Cc1cc(CC(=O)N2C[C@@H]3CN(C(=O)C4CC=CC4)C[C@]3(CN(C)C)C2)cc(C)n1. The topological polar surface area (TPSA) is 56.8 Å². The molecule has 2 amide bonds. The average Bonchev–Trinajstić information content (AvgIpc) is 3.33. The number of rotatable bonds is 5. The van der Waals surface area contributed by atoms with E-state index in [2.05, 4.69) is 41.0 Å². The second-order valence-corrected chi connectivity index (χ2v) is 9.86. The maximum atomic E-state index is 13.1. The zero-order chi connectivity index (χ0) is 21.5. The summed E-state index contributed by atoms with van der Waals surface area (Å²) in [5, 5.41) is 0. The van der Waals surface area contributed by atoms with Gasteiger partial charge in [0.25, 0.3) is 0 Å². The molecule has 6 nitrogen and oxygen atoms in total. The predicted molar refractivity (Wildman–Crippen MR) is 117 cm³/mol. The van der Waals surface area contributed by atoms with Gasteiger partial charge >= 0.3 is 0 Å². The van der Waals surface area contributed by atoms with Crippen molar-refractivity contribution in [2.24, 2.45) is 17.3 Å². The standard InChI is InChI=1S/C24H34N4O2/c1-17-9-19(10-18(2)25-17)11-22(29)27-12-21-13-28(23(30)20-7-5-6-8-20)16-24(21,15-27)14-26(3)4/h5-6,9-10,20-21H,7-8,11-16H2,1-4H3/t21-,24+/m1/s1. The number of aromatic nitrogens is 1. The van der Waals surface area contributed by atoms with Crippen LogP contribution in [0, 0.1) is 31.1 Å². The smallest absolute Gasteiger partial charge is 0.227 e. The summed E-state index contributed by atoms with van der Waals surface area (Å²) >= 11 is 0. The molecule has 0 spiro atoms. The van der Waals surface area contributed by atoms with Crippen LogP contribution in [-0.4, -0.2) is 78.3 Å². The van der Waals surface area contributed by atoms with Crippen LogP contribution in [0.1, 0.15) is 29.8 Å². The number of nitrogens with zero attached hydrogens (tertiary/aromatic N) is 4. The largest absolute Gasteiger partial charge is 0.341 e. The van der Waals surface area contributed by atoms with E-state index in [-0.39, 0.29) is 17.2 Å². The van der Waals surface area contributed by atoms with Crippen molar-refractivity contribution in [2.75, 3.05) is 46.8 Å². The average molecular weight is 411 g/mol. The lowest BCUT2D eigenvalue weighted by Gasteiger charge is -2.32. The van der Waals surface area contributed by atoms with E-state index < -0.39 is 0 Å². The van der Waals surface area contributed by atoms with E-state index >= 15 is 0 Å². The zero-order valence-corrected chi connectivity index (χ0v) is 18.7. The highest BCUT2D eigenvalue weighted by Gasteiger charge is 2.54.